The van der Waals surface area contributed by atoms with E-state index in [1.165, 1.54) is 0 Å². The Morgan fingerprint density at radius 2 is 2.15 bits per heavy atom. The second kappa shape index (κ2) is 9.17. The van der Waals surface area contributed by atoms with E-state index in [9.17, 15) is 4.79 Å². The predicted octanol–water partition coefficient (Wildman–Crippen LogP) is 0.574. The van der Waals surface area contributed by atoms with Gasteiger partial charge in [0.2, 0.25) is 0 Å². The van der Waals surface area contributed by atoms with E-state index in [2.05, 4.69) is 25.7 Å². The fourth-order valence-corrected chi connectivity index (χ4v) is 3.11. The van der Waals surface area contributed by atoms with Gasteiger partial charge in [-0.3, -0.25) is 14.5 Å². The van der Waals surface area contributed by atoms with E-state index >= 15 is 0 Å². The molecule has 0 aliphatic carbocycles. The van der Waals surface area contributed by atoms with Crippen molar-refractivity contribution in [3.63, 3.8) is 0 Å². The van der Waals surface area contributed by atoms with Gasteiger partial charge in [0.05, 0.1) is 0 Å². The van der Waals surface area contributed by atoms with Crippen molar-refractivity contribution in [1.82, 2.24) is 30.0 Å². The van der Waals surface area contributed by atoms with Crippen LogP contribution in [0, 0.1) is 0 Å². The highest BCUT2D eigenvalue weighted by Gasteiger charge is 2.16. The lowest BCUT2D eigenvalue weighted by atomic mass is 10.2. The number of rotatable bonds is 7. The third kappa shape index (κ3) is 4.71. The summed E-state index contributed by atoms with van der Waals surface area (Å²) in [6.07, 6.45) is 6.57. The van der Waals surface area contributed by atoms with Crippen LogP contribution in [-0.2, 0) is 25.9 Å². The first kappa shape index (κ1) is 18.2. The molecule has 0 atom stereocenters. The molecule has 0 fully saturated rings. The van der Waals surface area contributed by atoms with Gasteiger partial charge in [0.15, 0.2) is 5.96 Å². The summed E-state index contributed by atoms with van der Waals surface area (Å²) in [7, 11) is 1.75. The minimum absolute atomic E-state index is 0.0255. The maximum Gasteiger partial charge on any atom is 0.345 e. The van der Waals surface area contributed by atoms with Crippen molar-refractivity contribution in [2.24, 2.45) is 4.99 Å². The van der Waals surface area contributed by atoms with Crippen LogP contribution in [0.5, 0.6) is 0 Å². The smallest absolute Gasteiger partial charge is 0.345 e. The molecule has 0 radical (unpaired) electrons. The molecule has 2 aromatic heterocycles. The molecule has 8 heteroatoms. The minimum atomic E-state index is 0.0255. The molecule has 0 aromatic carbocycles. The molecule has 2 N–H and O–H groups in total. The van der Waals surface area contributed by atoms with Gasteiger partial charge in [0.25, 0.3) is 0 Å². The molecule has 140 valence electrons. The number of nitrogens with one attached hydrogen (secondary N) is 2. The van der Waals surface area contributed by atoms with Crippen molar-refractivity contribution in [2.75, 3.05) is 20.1 Å². The second-order valence-corrected chi connectivity index (χ2v) is 6.38. The van der Waals surface area contributed by atoms with E-state index in [0.29, 0.717) is 6.54 Å². The van der Waals surface area contributed by atoms with E-state index in [4.69, 9.17) is 0 Å². The fraction of sp³-hybridized carbons (Fsp3) is 0.556. The summed E-state index contributed by atoms with van der Waals surface area (Å²) in [4.78, 5) is 20.8. The number of fused-ring (bicyclic) bond motifs is 1. The standard InChI is InChI=1S/C18H27N7O/c1-19-17(22-12-9-15-7-2-4-10-20-15)21-11-6-14-25-18(26)24-13-5-3-8-16(24)23-25/h2,4,7,10H,3,5-6,8-9,11-14H2,1H3,(H2,19,21,22). The van der Waals surface area contributed by atoms with Gasteiger partial charge in [-0.05, 0) is 31.4 Å². The number of pyridine rings is 1. The van der Waals surface area contributed by atoms with Crippen LogP contribution in [0.15, 0.2) is 34.2 Å². The van der Waals surface area contributed by atoms with E-state index in [-0.39, 0.29) is 5.69 Å². The van der Waals surface area contributed by atoms with Crippen molar-refractivity contribution in [1.29, 1.82) is 0 Å². The molecule has 3 rings (SSSR count). The lowest BCUT2D eigenvalue weighted by Crippen LogP contribution is -2.39. The lowest BCUT2D eigenvalue weighted by molar-refractivity contribution is 0.509. The van der Waals surface area contributed by atoms with E-state index in [1.54, 1.807) is 17.9 Å². The topological polar surface area (TPSA) is 89.1 Å². The number of hydrogen-bond donors (Lipinski definition) is 2. The van der Waals surface area contributed by atoms with Crippen LogP contribution in [0.25, 0.3) is 0 Å². The Kier molecular flexibility index (Phi) is 6.40. The van der Waals surface area contributed by atoms with Gasteiger partial charge in [-0.1, -0.05) is 6.07 Å². The van der Waals surface area contributed by atoms with Crippen LogP contribution in [0.1, 0.15) is 30.8 Å². The van der Waals surface area contributed by atoms with Crippen molar-refractivity contribution in [3.8, 4) is 0 Å². The van der Waals surface area contributed by atoms with Crippen LogP contribution >= 0.6 is 0 Å². The van der Waals surface area contributed by atoms with Crippen molar-refractivity contribution in [3.05, 3.63) is 46.4 Å². The first-order valence-corrected chi connectivity index (χ1v) is 9.29. The molecular weight excluding hydrogens is 330 g/mol. The number of aryl methyl sites for hydroxylation is 2. The SMILES string of the molecule is CN=C(NCCCn1nc2n(c1=O)CCCC2)NCCc1ccccn1. The molecule has 3 heterocycles. The Labute approximate surface area is 153 Å². The molecule has 0 amide bonds. The molecule has 26 heavy (non-hydrogen) atoms. The van der Waals surface area contributed by atoms with Crippen LogP contribution in [0.3, 0.4) is 0 Å². The monoisotopic (exact) mass is 357 g/mol. The number of hydrogen-bond acceptors (Lipinski definition) is 4. The van der Waals surface area contributed by atoms with E-state index < -0.39 is 0 Å². The van der Waals surface area contributed by atoms with E-state index in [1.807, 2.05) is 22.8 Å². The molecule has 0 spiro atoms. The third-order valence-electron chi connectivity index (χ3n) is 4.49. The van der Waals surface area contributed by atoms with Crippen LogP contribution < -0.4 is 16.3 Å². The summed E-state index contributed by atoms with van der Waals surface area (Å²) in [5, 5.41) is 11.0. The highest BCUT2D eigenvalue weighted by molar-refractivity contribution is 5.79. The third-order valence-corrected chi connectivity index (χ3v) is 4.49. The zero-order chi connectivity index (χ0) is 18.2. The normalized spacial score (nSPS) is 14.1. The summed E-state index contributed by atoms with van der Waals surface area (Å²) < 4.78 is 3.41. The molecule has 0 bridgehead atoms. The first-order chi connectivity index (χ1) is 12.8. The Balaban J connectivity index is 1.38. The number of aliphatic imine (C=N–C) groups is 1. The average molecular weight is 357 g/mol. The van der Waals surface area contributed by atoms with Gasteiger partial charge in [-0.2, -0.15) is 5.10 Å². The number of aromatic nitrogens is 4. The molecule has 2 aromatic rings. The Bertz CT molecular complexity index is 779. The number of nitrogens with zero attached hydrogens (tertiary/aromatic N) is 5. The molecule has 1 aliphatic heterocycles. The highest BCUT2D eigenvalue weighted by atomic mass is 16.2. The van der Waals surface area contributed by atoms with Crippen molar-refractivity contribution < 1.29 is 0 Å². The zero-order valence-electron chi connectivity index (χ0n) is 15.3. The zero-order valence-corrected chi connectivity index (χ0v) is 15.3. The van der Waals surface area contributed by atoms with Gasteiger partial charge in [0.1, 0.15) is 5.82 Å². The van der Waals surface area contributed by atoms with Gasteiger partial charge in [-0.15, -0.1) is 0 Å². The van der Waals surface area contributed by atoms with Crippen molar-refractivity contribution >= 4 is 5.96 Å². The van der Waals surface area contributed by atoms with Crippen LogP contribution in [0.2, 0.25) is 0 Å². The largest absolute Gasteiger partial charge is 0.356 e. The number of guanidine groups is 1. The molecule has 1 aliphatic rings. The van der Waals surface area contributed by atoms with Gasteiger partial charge < -0.3 is 10.6 Å². The van der Waals surface area contributed by atoms with Crippen LogP contribution in [0.4, 0.5) is 0 Å². The lowest BCUT2D eigenvalue weighted by Gasteiger charge is -2.11. The first-order valence-electron chi connectivity index (χ1n) is 9.29. The Hall–Kier alpha value is -2.64. The van der Waals surface area contributed by atoms with Gasteiger partial charge >= 0.3 is 5.69 Å². The van der Waals surface area contributed by atoms with Crippen molar-refractivity contribution in [2.45, 2.75) is 45.2 Å². The molecular formula is C18H27N7O. The van der Waals surface area contributed by atoms with Crippen LogP contribution in [-0.4, -0.2) is 45.4 Å². The Morgan fingerprint density at radius 1 is 1.27 bits per heavy atom. The quantitative estimate of drug-likeness (QED) is 0.430. The highest BCUT2D eigenvalue weighted by Crippen LogP contribution is 2.09. The van der Waals surface area contributed by atoms with E-state index in [0.717, 1.165) is 69.2 Å². The molecule has 0 saturated carbocycles. The summed E-state index contributed by atoms with van der Waals surface area (Å²) in [6, 6.07) is 5.92. The summed E-state index contributed by atoms with van der Waals surface area (Å²) >= 11 is 0. The summed E-state index contributed by atoms with van der Waals surface area (Å²) in [5.74, 6) is 1.69. The predicted molar refractivity (Wildman–Crippen MR) is 101 cm³/mol. The molecule has 8 nitrogen and oxygen atoms in total. The van der Waals surface area contributed by atoms with Gasteiger partial charge in [-0.25, -0.2) is 9.48 Å². The second-order valence-electron chi connectivity index (χ2n) is 6.38. The van der Waals surface area contributed by atoms with Gasteiger partial charge in [0, 0.05) is 58.0 Å². The summed E-state index contributed by atoms with van der Waals surface area (Å²) in [6.45, 7) is 2.93. The minimum Gasteiger partial charge on any atom is -0.356 e. The Morgan fingerprint density at radius 3 is 2.92 bits per heavy atom. The fourth-order valence-electron chi connectivity index (χ4n) is 3.11. The average Bonchev–Trinajstić information content (AvgIpc) is 3.00. The molecule has 0 unspecified atom stereocenters. The maximum atomic E-state index is 12.3. The summed E-state index contributed by atoms with van der Waals surface area (Å²) in [5.41, 5.74) is 1.08. The molecule has 0 saturated heterocycles. The maximum absolute atomic E-state index is 12.3.